The van der Waals surface area contributed by atoms with E-state index < -0.39 is 5.56 Å². The first-order chi connectivity index (χ1) is 14.1. The first kappa shape index (κ1) is 19.4. The number of ether oxygens (including phenoxy) is 1. The first-order valence-electron chi connectivity index (χ1n) is 9.80. The maximum Gasteiger partial charge on any atom is 0.274 e. The number of fused-ring (bicyclic) bond motifs is 1. The second-order valence-corrected chi connectivity index (χ2v) is 7.77. The van der Waals surface area contributed by atoms with Crippen LogP contribution in [0.2, 0.25) is 0 Å². The van der Waals surface area contributed by atoms with Gasteiger partial charge < -0.3 is 15.0 Å². The highest BCUT2D eigenvalue weighted by atomic mass is 32.1. The minimum atomic E-state index is -0.432. The van der Waals surface area contributed by atoms with Crippen LogP contribution in [0.5, 0.6) is 5.75 Å². The number of hydrogen-bond acceptors (Lipinski definition) is 7. The van der Waals surface area contributed by atoms with Gasteiger partial charge in [-0.25, -0.2) is 0 Å². The van der Waals surface area contributed by atoms with Crippen LogP contribution < -0.4 is 20.5 Å². The Bertz CT molecular complexity index is 1050. The van der Waals surface area contributed by atoms with E-state index in [0.717, 1.165) is 42.4 Å². The lowest BCUT2D eigenvalue weighted by molar-refractivity contribution is 0.0946. The van der Waals surface area contributed by atoms with Crippen molar-refractivity contribution in [3.63, 3.8) is 0 Å². The third kappa shape index (κ3) is 4.40. The Kier molecular flexibility index (Phi) is 5.75. The molecular weight excluding hydrogens is 390 g/mol. The van der Waals surface area contributed by atoms with Crippen molar-refractivity contribution in [3.05, 3.63) is 51.9 Å². The van der Waals surface area contributed by atoms with E-state index in [2.05, 4.69) is 20.3 Å². The molecule has 3 aromatic rings. The van der Waals surface area contributed by atoms with E-state index in [1.165, 1.54) is 21.9 Å². The van der Waals surface area contributed by atoms with Crippen molar-refractivity contribution in [2.24, 2.45) is 0 Å². The van der Waals surface area contributed by atoms with Gasteiger partial charge in [-0.05, 0) is 43.9 Å². The van der Waals surface area contributed by atoms with Crippen LogP contribution in [0.4, 0.5) is 5.13 Å². The van der Waals surface area contributed by atoms with E-state index >= 15 is 0 Å². The minimum Gasteiger partial charge on any atom is -0.494 e. The van der Waals surface area contributed by atoms with Gasteiger partial charge in [-0.2, -0.15) is 9.50 Å². The molecule has 9 heteroatoms. The first-order valence-corrected chi connectivity index (χ1v) is 10.6. The lowest BCUT2D eigenvalue weighted by atomic mass is 10.1. The van der Waals surface area contributed by atoms with Crippen LogP contribution in [-0.4, -0.2) is 46.7 Å². The van der Waals surface area contributed by atoms with Crippen molar-refractivity contribution >= 4 is 27.3 Å². The fourth-order valence-corrected chi connectivity index (χ4v) is 4.29. The molecule has 0 spiro atoms. The van der Waals surface area contributed by atoms with Gasteiger partial charge in [-0.15, -0.1) is 5.10 Å². The van der Waals surface area contributed by atoms with Crippen molar-refractivity contribution < 1.29 is 9.53 Å². The van der Waals surface area contributed by atoms with Gasteiger partial charge in [-0.1, -0.05) is 23.5 Å². The summed E-state index contributed by atoms with van der Waals surface area (Å²) < 4.78 is 6.91. The molecule has 0 unspecified atom stereocenters. The monoisotopic (exact) mass is 413 g/mol. The lowest BCUT2D eigenvalue weighted by Gasteiger charge is -2.11. The molecule has 1 fully saturated rings. The number of nitrogens with zero attached hydrogens (tertiary/aromatic N) is 4. The summed E-state index contributed by atoms with van der Waals surface area (Å²) in [6.07, 6.45) is 2.93. The number of carbonyl (C=O) groups excluding carboxylic acids is 1. The Labute approximate surface area is 172 Å². The van der Waals surface area contributed by atoms with E-state index in [0.29, 0.717) is 24.5 Å². The maximum atomic E-state index is 12.7. The zero-order chi connectivity index (χ0) is 20.2. The highest BCUT2D eigenvalue weighted by molar-refractivity contribution is 7.20. The summed E-state index contributed by atoms with van der Waals surface area (Å²) in [5, 5.41) is 8.21. The largest absolute Gasteiger partial charge is 0.494 e. The second-order valence-electron chi connectivity index (χ2n) is 6.84. The van der Waals surface area contributed by atoms with Crippen LogP contribution in [0.1, 0.15) is 35.8 Å². The highest BCUT2D eigenvalue weighted by Gasteiger charge is 2.20. The van der Waals surface area contributed by atoms with E-state index in [1.807, 2.05) is 31.2 Å². The van der Waals surface area contributed by atoms with Crippen LogP contribution in [0.3, 0.4) is 0 Å². The molecule has 0 saturated carbocycles. The van der Waals surface area contributed by atoms with Crippen LogP contribution in [-0.2, 0) is 6.42 Å². The van der Waals surface area contributed by atoms with Gasteiger partial charge in [0, 0.05) is 25.7 Å². The van der Waals surface area contributed by atoms with Crippen LogP contribution in [0.15, 0.2) is 35.1 Å². The smallest absolute Gasteiger partial charge is 0.274 e. The average molecular weight is 414 g/mol. The number of aromatic nitrogens is 3. The molecule has 152 valence electrons. The van der Waals surface area contributed by atoms with Crippen molar-refractivity contribution in [2.75, 3.05) is 31.1 Å². The normalized spacial score (nSPS) is 13.8. The number of benzene rings is 1. The molecule has 1 N–H and O–H groups in total. The number of rotatable bonds is 7. The molecule has 4 rings (SSSR count). The van der Waals surface area contributed by atoms with Crippen molar-refractivity contribution in [3.8, 4) is 5.75 Å². The summed E-state index contributed by atoms with van der Waals surface area (Å²) in [5.41, 5.74) is 0.877. The number of amides is 1. The topological polar surface area (TPSA) is 88.8 Å². The Balaban J connectivity index is 1.45. The van der Waals surface area contributed by atoms with Gasteiger partial charge in [0.05, 0.1) is 6.61 Å². The number of carbonyl (C=O) groups is 1. The van der Waals surface area contributed by atoms with Gasteiger partial charge in [0.1, 0.15) is 11.4 Å². The molecular formula is C20H23N5O3S. The predicted octanol–water partition coefficient (Wildman–Crippen LogP) is 2.12. The van der Waals surface area contributed by atoms with Crippen molar-refractivity contribution in [2.45, 2.75) is 26.2 Å². The zero-order valence-electron chi connectivity index (χ0n) is 16.3. The predicted molar refractivity (Wildman–Crippen MR) is 112 cm³/mol. The Morgan fingerprint density at radius 2 is 2.00 bits per heavy atom. The number of hydrogen-bond donors (Lipinski definition) is 1. The summed E-state index contributed by atoms with van der Waals surface area (Å²) in [7, 11) is 0. The Morgan fingerprint density at radius 3 is 2.72 bits per heavy atom. The van der Waals surface area contributed by atoms with E-state index in [1.54, 1.807) is 0 Å². The van der Waals surface area contributed by atoms with Gasteiger partial charge in [0.25, 0.3) is 11.5 Å². The average Bonchev–Trinajstić information content (AvgIpc) is 3.38. The quantitative estimate of drug-likeness (QED) is 0.638. The molecule has 0 radical (unpaired) electrons. The van der Waals surface area contributed by atoms with Crippen molar-refractivity contribution in [1.29, 1.82) is 0 Å². The molecule has 0 atom stereocenters. The summed E-state index contributed by atoms with van der Waals surface area (Å²) in [6.45, 7) is 4.91. The highest BCUT2D eigenvalue weighted by Crippen LogP contribution is 2.25. The van der Waals surface area contributed by atoms with Gasteiger partial charge in [0.2, 0.25) is 10.1 Å². The van der Waals surface area contributed by atoms with Crippen LogP contribution >= 0.6 is 11.3 Å². The zero-order valence-corrected chi connectivity index (χ0v) is 17.1. The molecule has 29 heavy (non-hydrogen) atoms. The molecule has 0 bridgehead atoms. The fraction of sp³-hybridized carbons (Fsp3) is 0.400. The third-order valence-corrected chi connectivity index (χ3v) is 5.76. The van der Waals surface area contributed by atoms with E-state index in [9.17, 15) is 9.59 Å². The summed E-state index contributed by atoms with van der Waals surface area (Å²) in [6, 6.07) is 9.04. The third-order valence-electron chi connectivity index (χ3n) is 4.79. The minimum absolute atomic E-state index is 0.216. The van der Waals surface area contributed by atoms with Crippen molar-refractivity contribution in [1.82, 2.24) is 19.9 Å². The molecule has 3 heterocycles. The van der Waals surface area contributed by atoms with Gasteiger partial charge in [-0.3, -0.25) is 9.59 Å². The molecule has 1 amide bonds. The molecule has 2 aromatic heterocycles. The van der Waals surface area contributed by atoms with E-state index in [4.69, 9.17) is 4.74 Å². The Hall–Kier alpha value is -2.94. The van der Waals surface area contributed by atoms with Crippen LogP contribution in [0.25, 0.3) is 4.96 Å². The standard InChI is InChI=1S/C20H23N5O3S/c1-2-28-15-7-5-14(6-8-15)9-10-21-18(27)16-13-17(26)22-19-25(16)23-20(29-19)24-11-3-4-12-24/h5-8,13H,2-4,9-12H2,1H3,(H,21,27). The number of nitrogens with one attached hydrogen (secondary N) is 1. The molecule has 8 nitrogen and oxygen atoms in total. The number of anilines is 1. The lowest BCUT2D eigenvalue weighted by Crippen LogP contribution is -2.29. The van der Waals surface area contributed by atoms with Gasteiger partial charge in [0.15, 0.2) is 0 Å². The molecule has 0 aliphatic carbocycles. The maximum absolute atomic E-state index is 12.7. The molecule has 1 aliphatic heterocycles. The summed E-state index contributed by atoms with van der Waals surface area (Å²) in [5.74, 6) is 0.500. The second kappa shape index (κ2) is 8.60. The molecule has 1 aliphatic rings. The van der Waals surface area contributed by atoms with Crippen LogP contribution in [0, 0.1) is 0 Å². The SMILES string of the molecule is CCOc1ccc(CCNC(=O)c2cc(=O)nc3sc(N4CCCC4)nn23)cc1. The fourth-order valence-electron chi connectivity index (χ4n) is 3.33. The Morgan fingerprint density at radius 1 is 1.24 bits per heavy atom. The molecule has 1 saturated heterocycles. The summed E-state index contributed by atoms with van der Waals surface area (Å²) in [4.78, 5) is 31.3. The van der Waals surface area contributed by atoms with Gasteiger partial charge >= 0.3 is 0 Å². The van der Waals surface area contributed by atoms with E-state index in [-0.39, 0.29) is 11.6 Å². The molecule has 1 aromatic carbocycles. The summed E-state index contributed by atoms with van der Waals surface area (Å²) >= 11 is 1.34.